The van der Waals surface area contributed by atoms with Crippen LogP contribution in [0.4, 0.5) is 8.78 Å². The largest absolute Gasteiger partial charge is 0.478 e. The van der Waals surface area contributed by atoms with Crippen LogP contribution in [0.2, 0.25) is 0 Å². The Labute approximate surface area is 110 Å². The number of rotatable bonds is 2. The standard InChI is InChI=1S/C12H6F2N4O2/c13-8-4-6(7(11(19)20)5-9(8)14)10-16-17-12-15-2-1-3-18(10)12/h1-5H,(H,19,20). The quantitative estimate of drug-likeness (QED) is 0.771. The maximum absolute atomic E-state index is 13.4. The van der Waals surface area contributed by atoms with Gasteiger partial charge in [0.05, 0.1) is 5.56 Å². The summed E-state index contributed by atoms with van der Waals surface area (Å²) >= 11 is 0. The van der Waals surface area contributed by atoms with Gasteiger partial charge in [-0.1, -0.05) is 0 Å². The minimum absolute atomic E-state index is 0.0723. The first-order chi connectivity index (χ1) is 9.58. The summed E-state index contributed by atoms with van der Waals surface area (Å²) < 4.78 is 27.9. The number of aromatic carboxylic acids is 1. The number of carboxylic acids is 1. The molecular formula is C12H6F2N4O2. The van der Waals surface area contributed by atoms with Crippen LogP contribution in [0.15, 0.2) is 30.6 Å². The van der Waals surface area contributed by atoms with Crippen LogP contribution in [0, 0.1) is 11.6 Å². The molecule has 0 bridgehead atoms. The van der Waals surface area contributed by atoms with Gasteiger partial charge >= 0.3 is 5.97 Å². The van der Waals surface area contributed by atoms with Crippen molar-refractivity contribution in [2.75, 3.05) is 0 Å². The van der Waals surface area contributed by atoms with Crippen LogP contribution in [0.1, 0.15) is 10.4 Å². The molecule has 0 saturated carbocycles. The Morgan fingerprint density at radius 1 is 1.20 bits per heavy atom. The third-order valence-corrected chi connectivity index (χ3v) is 2.72. The molecule has 0 aliphatic heterocycles. The number of aromatic nitrogens is 4. The van der Waals surface area contributed by atoms with Gasteiger partial charge in [-0.2, -0.15) is 0 Å². The number of nitrogens with zero attached hydrogens (tertiary/aromatic N) is 4. The molecule has 0 amide bonds. The van der Waals surface area contributed by atoms with Gasteiger partial charge in [0.2, 0.25) is 0 Å². The van der Waals surface area contributed by atoms with E-state index in [0.717, 1.165) is 6.07 Å². The molecule has 0 atom stereocenters. The molecular weight excluding hydrogens is 270 g/mol. The number of carboxylic acid groups (broad SMARTS) is 1. The van der Waals surface area contributed by atoms with Crippen LogP contribution in [0.3, 0.4) is 0 Å². The smallest absolute Gasteiger partial charge is 0.336 e. The van der Waals surface area contributed by atoms with E-state index in [9.17, 15) is 13.6 Å². The Bertz CT molecular complexity index is 831. The molecule has 0 aliphatic carbocycles. The van der Waals surface area contributed by atoms with E-state index in [0.29, 0.717) is 6.07 Å². The lowest BCUT2D eigenvalue weighted by atomic mass is 10.1. The fraction of sp³-hybridized carbons (Fsp3) is 0. The summed E-state index contributed by atoms with van der Waals surface area (Å²) in [5, 5.41) is 16.6. The maximum Gasteiger partial charge on any atom is 0.336 e. The van der Waals surface area contributed by atoms with Gasteiger partial charge in [-0.25, -0.2) is 18.6 Å². The highest BCUT2D eigenvalue weighted by atomic mass is 19.2. The predicted octanol–water partition coefficient (Wildman–Crippen LogP) is 1.77. The van der Waals surface area contributed by atoms with Crippen molar-refractivity contribution in [3.8, 4) is 11.4 Å². The molecule has 1 N–H and O–H groups in total. The Morgan fingerprint density at radius 2 is 1.95 bits per heavy atom. The second kappa shape index (κ2) is 4.34. The number of benzene rings is 1. The molecule has 1 aromatic carbocycles. The summed E-state index contributed by atoms with van der Waals surface area (Å²) in [4.78, 5) is 15.1. The number of hydrogen-bond acceptors (Lipinski definition) is 4. The van der Waals surface area contributed by atoms with Gasteiger partial charge in [-0.15, -0.1) is 10.2 Å². The minimum atomic E-state index is -1.39. The fourth-order valence-corrected chi connectivity index (χ4v) is 1.84. The summed E-state index contributed by atoms with van der Waals surface area (Å²) in [7, 11) is 0. The van der Waals surface area contributed by atoms with Crippen LogP contribution in [-0.2, 0) is 0 Å². The highest BCUT2D eigenvalue weighted by molar-refractivity contribution is 5.95. The summed E-state index contributed by atoms with van der Waals surface area (Å²) in [5.41, 5.74) is -0.473. The van der Waals surface area contributed by atoms with Crippen LogP contribution in [0.25, 0.3) is 17.2 Å². The molecule has 3 aromatic rings. The van der Waals surface area contributed by atoms with E-state index >= 15 is 0 Å². The summed E-state index contributed by atoms with van der Waals surface area (Å²) in [6, 6.07) is 2.98. The monoisotopic (exact) mass is 276 g/mol. The lowest BCUT2D eigenvalue weighted by Gasteiger charge is -2.05. The first-order valence-electron chi connectivity index (χ1n) is 5.46. The van der Waals surface area contributed by atoms with E-state index < -0.39 is 23.2 Å². The first kappa shape index (κ1) is 12.2. The number of fused-ring (bicyclic) bond motifs is 1. The zero-order valence-corrected chi connectivity index (χ0v) is 9.79. The molecule has 8 heteroatoms. The van der Waals surface area contributed by atoms with Crippen molar-refractivity contribution in [2.24, 2.45) is 0 Å². The SMILES string of the molecule is O=C(O)c1cc(F)c(F)cc1-c1nnc2ncccn12. The molecule has 2 aromatic heterocycles. The summed E-state index contributed by atoms with van der Waals surface area (Å²) in [5.74, 6) is -3.49. The normalized spacial score (nSPS) is 10.9. The van der Waals surface area contributed by atoms with Gasteiger partial charge in [0.25, 0.3) is 5.78 Å². The molecule has 0 radical (unpaired) electrons. The molecule has 0 spiro atoms. The van der Waals surface area contributed by atoms with E-state index in [1.807, 2.05) is 0 Å². The van der Waals surface area contributed by atoms with Crippen molar-refractivity contribution in [3.63, 3.8) is 0 Å². The molecule has 0 unspecified atom stereocenters. The first-order valence-corrected chi connectivity index (χ1v) is 5.46. The topological polar surface area (TPSA) is 80.4 Å². The predicted molar refractivity (Wildman–Crippen MR) is 63.1 cm³/mol. The molecule has 0 saturated heterocycles. The zero-order valence-electron chi connectivity index (χ0n) is 9.79. The molecule has 100 valence electrons. The molecule has 0 fully saturated rings. The lowest BCUT2D eigenvalue weighted by molar-refractivity contribution is 0.0697. The van der Waals surface area contributed by atoms with E-state index in [2.05, 4.69) is 15.2 Å². The molecule has 3 rings (SSSR count). The van der Waals surface area contributed by atoms with Crippen LogP contribution >= 0.6 is 0 Å². The van der Waals surface area contributed by atoms with Crippen molar-refractivity contribution < 1.29 is 18.7 Å². The third-order valence-electron chi connectivity index (χ3n) is 2.72. The average molecular weight is 276 g/mol. The third kappa shape index (κ3) is 1.78. The minimum Gasteiger partial charge on any atom is -0.478 e. The highest BCUT2D eigenvalue weighted by Crippen LogP contribution is 2.25. The van der Waals surface area contributed by atoms with Crippen molar-refractivity contribution in [3.05, 3.63) is 47.8 Å². The number of carbonyl (C=O) groups is 1. The fourth-order valence-electron chi connectivity index (χ4n) is 1.84. The molecule has 20 heavy (non-hydrogen) atoms. The van der Waals surface area contributed by atoms with Crippen LogP contribution in [-0.4, -0.2) is 30.7 Å². The second-order valence-electron chi connectivity index (χ2n) is 3.93. The highest BCUT2D eigenvalue weighted by Gasteiger charge is 2.20. The van der Waals surface area contributed by atoms with Crippen LogP contribution < -0.4 is 0 Å². The van der Waals surface area contributed by atoms with Crippen molar-refractivity contribution >= 4 is 11.7 Å². The van der Waals surface area contributed by atoms with Gasteiger partial charge < -0.3 is 5.11 Å². The van der Waals surface area contributed by atoms with Gasteiger partial charge in [-0.05, 0) is 18.2 Å². The zero-order chi connectivity index (χ0) is 14.3. The van der Waals surface area contributed by atoms with Gasteiger partial charge in [0.15, 0.2) is 17.5 Å². The lowest BCUT2D eigenvalue weighted by Crippen LogP contribution is -2.04. The van der Waals surface area contributed by atoms with E-state index in [4.69, 9.17) is 5.11 Å². The van der Waals surface area contributed by atoms with Gasteiger partial charge in [0.1, 0.15) is 0 Å². The molecule has 2 heterocycles. The summed E-state index contributed by atoms with van der Waals surface area (Å²) in [6.07, 6.45) is 3.03. The van der Waals surface area contributed by atoms with Gasteiger partial charge in [0, 0.05) is 18.0 Å². The Morgan fingerprint density at radius 3 is 2.70 bits per heavy atom. The number of hydrogen-bond donors (Lipinski definition) is 1. The maximum atomic E-state index is 13.4. The second-order valence-corrected chi connectivity index (χ2v) is 3.93. The van der Waals surface area contributed by atoms with Crippen molar-refractivity contribution in [2.45, 2.75) is 0 Å². The van der Waals surface area contributed by atoms with Gasteiger partial charge in [-0.3, -0.25) is 4.40 Å². The molecule has 0 aliphatic rings. The number of halogens is 2. The average Bonchev–Trinajstić information content (AvgIpc) is 2.85. The van der Waals surface area contributed by atoms with Crippen molar-refractivity contribution in [1.82, 2.24) is 19.6 Å². The Kier molecular flexibility index (Phi) is 2.63. The van der Waals surface area contributed by atoms with E-state index in [1.54, 1.807) is 12.3 Å². The van der Waals surface area contributed by atoms with Crippen molar-refractivity contribution in [1.29, 1.82) is 0 Å². The van der Waals surface area contributed by atoms with Crippen LogP contribution in [0.5, 0.6) is 0 Å². The molecule has 6 nitrogen and oxygen atoms in total. The summed E-state index contributed by atoms with van der Waals surface area (Å²) in [6.45, 7) is 0. The van der Waals surface area contributed by atoms with E-state index in [-0.39, 0.29) is 17.2 Å². The van der Waals surface area contributed by atoms with E-state index in [1.165, 1.54) is 10.6 Å². The Hall–Kier alpha value is -2.90. The Balaban J connectivity index is 2.34.